The Hall–Kier alpha value is -2.10. The van der Waals surface area contributed by atoms with E-state index in [4.69, 9.17) is 4.74 Å². The van der Waals surface area contributed by atoms with Crippen LogP contribution in [0.3, 0.4) is 0 Å². The third-order valence-electron chi connectivity index (χ3n) is 4.68. The van der Waals surface area contributed by atoms with E-state index in [1.807, 2.05) is 13.0 Å². The molecule has 3 N–H and O–H groups in total. The van der Waals surface area contributed by atoms with Crippen LogP contribution in [0, 0.1) is 17.6 Å². The van der Waals surface area contributed by atoms with Crippen molar-refractivity contribution in [2.75, 3.05) is 13.7 Å². The molecular weight excluding hydrogens is 491 g/mol. The molecule has 0 spiro atoms. The van der Waals surface area contributed by atoms with Gasteiger partial charge < -0.3 is 20.5 Å². The van der Waals surface area contributed by atoms with Gasteiger partial charge in [0.15, 0.2) is 29.1 Å². The molecule has 158 valence electrons. The van der Waals surface area contributed by atoms with Gasteiger partial charge in [0.1, 0.15) is 0 Å². The van der Waals surface area contributed by atoms with Gasteiger partial charge in [-0.05, 0) is 61.1 Å². The van der Waals surface area contributed by atoms with Crippen LogP contribution >= 0.6 is 24.0 Å². The Balaban J connectivity index is 0.00000300. The molecule has 0 aromatic heterocycles. The number of phenolic OH excluding ortho intramolecular Hbond substituents is 1. The number of aliphatic imine (C=N–C) groups is 1. The quantitative estimate of drug-likeness (QED) is 0.288. The predicted molar refractivity (Wildman–Crippen MR) is 120 cm³/mol. The van der Waals surface area contributed by atoms with Crippen molar-refractivity contribution < 1.29 is 18.6 Å². The van der Waals surface area contributed by atoms with Gasteiger partial charge in [0.25, 0.3) is 0 Å². The first kappa shape index (κ1) is 23.2. The number of aromatic hydroxyl groups is 1. The largest absolute Gasteiger partial charge is 0.505 e. The van der Waals surface area contributed by atoms with Crippen LogP contribution in [0.1, 0.15) is 36.9 Å². The summed E-state index contributed by atoms with van der Waals surface area (Å²) in [6.07, 6.45) is 2.31. The van der Waals surface area contributed by atoms with Gasteiger partial charge in [-0.25, -0.2) is 8.78 Å². The van der Waals surface area contributed by atoms with Crippen molar-refractivity contribution in [3.8, 4) is 11.5 Å². The Morgan fingerprint density at radius 3 is 2.59 bits per heavy atom. The average molecular weight is 517 g/mol. The number of phenols is 1. The Morgan fingerprint density at radius 1 is 1.21 bits per heavy atom. The van der Waals surface area contributed by atoms with Crippen LogP contribution in [-0.4, -0.2) is 24.7 Å². The molecule has 2 aromatic rings. The highest BCUT2D eigenvalue weighted by molar-refractivity contribution is 14.0. The summed E-state index contributed by atoms with van der Waals surface area (Å²) in [7, 11) is 1.62. The standard InChI is InChI=1S/C21H25F2N3O2.HI/c1-13(16-6-8-20(18(23)10-16)28-12-14-3-4-14)26-21(24-2)25-11-15-5-7-19(27)17(22)9-15;/h5-10,13-14,27H,3-4,11-12H2,1-2H3,(H2,24,25,26);1H. The number of hydrogen-bond acceptors (Lipinski definition) is 3. The van der Waals surface area contributed by atoms with Gasteiger partial charge >= 0.3 is 0 Å². The Morgan fingerprint density at radius 2 is 1.97 bits per heavy atom. The number of ether oxygens (including phenoxy) is 1. The van der Waals surface area contributed by atoms with Crippen LogP contribution in [0.5, 0.6) is 11.5 Å². The fourth-order valence-corrected chi connectivity index (χ4v) is 2.72. The molecule has 29 heavy (non-hydrogen) atoms. The fourth-order valence-electron chi connectivity index (χ4n) is 2.72. The van der Waals surface area contributed by atoms with Crippen molar-refractivity contribution in [1.29, 1.82) is 0 Å². The topological polar surface area (TPSA) is 65.9 Å². The van der Waals surface area contributed by atoms with Crippen LogP contribution in [-0.2, 0) is 6.54 Å². The van der Waals surface area contributed by atoms with Crippen molar-refractivity contribution in [2.24, 2.45) is 10.9 Å². The molecule has 1 aliphatic carbocycles. The summed E-state index contributed by atoms with van der Waals surface area (Å²) in [6, 6.07) is 8.93. The van der Waals surface area contributed by atoms with E-state index in [0.29, 0.717) is 30.6 Å². The molecule has 2 aromatic carbocycles. The van der Waals surface area contributed by atoms with Gasteiger partial charge in [-0.3, -0.25) is 4.99 Å². The van der Waals surface area contributed by atoms with Gasteiger partial charge in [0, 0.05) is 13.6 Å². The first-order chi connectivity index (χ1) is 13.5. The molecular formula is C21H26F2IN3O2. The molecule has 0 heterocycles. The lowest BCUT2D eigenvalue weighted by Crippen LogP contribution is -2.38. The number of rotatable bonds is 7. The summed E-state index contributed by atoms with van der Waals surface area (Å²) in [4.78, 5) is 4.14. The molecule has 1 saturated carbocycles. The van der Waals surface area contributed by atoms with E-state index in [-0.39, 0.29) is 47.3 Å². The van der Waals surface area contributed by atoms with Crippen LogP contribution in [0.25, 0.3) is 0 Å². The van der Waals surface area contributed by atoms with E-state index < -0.39 is 5.82 Å². The van der Waals surface area contributed by atoms with Gasteiger partial charge in [-0.2, -0.15) is 0 Å². The summed E-state index contributed by atoms with van der Waals surface area (Å²) >= 11 is 0. The normalized spacial score (nSPS) is 14.7. The van der Waals surface area contributed by atoms with Crippen molar-refractivity contribution in [1.82, 2.24) is 10.6 Å². The molecule has 3 rings (SSSR count). The predicted octanol–water partition coefficient (Wildman–Crippen LogP) is 4.50. The minimum atomic E-state index is -0.671. The number of hydrogen-bond donors (Lipinski definition) is 3. The Kier molecular flexibility index (Phi) is 8.48. The first-order valence-electron chi connectivity index (χ1n) is 9.33. The second-order valence-corrected chi connectivity index (χ2v) is 7.02. The molecule has 0 aliphatic heterocycles. The fraction of sp³-hybridized carbons (Fsp3) is 0.381. The lowest BCUT2D eigenvalue weighted by molar-refractivity contribution is 0.285. The first-order valence-corrected chi connectivity index (χ1v) is 9.33. The average Bonchev–Trinajstić information content (AvgIpc) is 3.51. The molecule has 0 amide bonds. The highest BCUT2D eigenvalue weighted by atomic mass is 127. The molecule has 1 fully saturated rings. The zero-order valence-corrected chi connectivity index (χ0v) is 18.7. The summed E-state index contributed by atoms with van der Waals surface area (Å²) in [5, 5.41) is 15.5. The molecule has 0 radical (unpaired) electrons. The SMILES string of the molecule is CN=C(NCc1ccc(O)c(F)c1)NC(C)c1ccc(OCC2CC2)c(F)c1.I. The number of nitrogens with zero attached hydrogens (tertiary/aromatic N) is 1. The molecule has 1 aliphatic rings. The summed E-state index contributed by atoms with van der Waals surface area (Å²) < 4.78 is 33.2. The van der Waals surface area contributed by atoms with E-state index in [1.54, 1.807) is 19.2 Å². The summed E-state index contributed by atoms with van der Waals surface area (Å²) in [5.41, 5.74) is 1.42. The second kappa shape index (κ2) is 10.6. The highest BCUT2D eigenvalue weighted by Gasteiger charge is 2.22. The maximum absolute atomic E-state index is 14.3. The van der Waals surface area contributed by atoms with Crippen molar-refractivity contribution in [2.45, 2.75) is 32.4 Å². The summed E-state index contributed by atoms with van der Waals surface area (Å²) in [6.45, 7) is 2.79. The number of benzene rings is 2. The summed E-state index contributed by atoms with van der Waals surface area (Å²) in [5.74, 6) is -0.0952. The van der Waals surface area contributed by atoms with Crippen LogP contribution in [0.4, 0.5) is 8.78 Å². The third kappa shape index (κ3) is 6.73. The maximum atomic E-state index is 14.3. The molecule has 0 saturated heterocycles. The molecule has 8 heteroatoms. The van der Waals surface area contributed by atoms with E-state index in [2.05, 4.69) is 15.6 Å². The molecule has 0 bridgehead atoms. The monoisotopic (exact) mass is 517 g/mol. The highest BCUT2D eigenvalue weighted by Crippen LogP contribution is 2.30. The van der Waals surface area contributed by atoms with Gasteiger partial charge in [0.2, 0.25) is 0 Å². The van der Waals surface area contributed by atoms with E-state index in [9.17, 15) is 13.9 Å². The maximum Gasteiger partial charge on any atom is 0.191 e. The zero-order chi connectivity index (χ0) is 20.1. The van der Waals surface area contributed by atoms with Crippen LogP contribution < -0.4 is 15.4 Å². The zero-order valence-electron chi connectivity index (χ0n) is 16.4. The van der Waals surface area contributed by atoms with Crippen LogP contribution in [0.15, 0.2) is 41.4 Å². The molecule has 1 atom stereocenters. The van der Waals surface area contributed by atoms with Crippen molar-refractivity contribution >= 4 is 29.9 Å². The van der Waals surface area contributed by atoms with E-state index in [1.165, 1.54) is 18.2 Å². The molecule has 1 unspecified atom stereocenters. The molecule has 5 nitrogen and oxygen atoms in total. The van der Waals surface area contributed by atoms with Crippen molar-refractivity contribution in [3.63, 3.8) is 0 Å². The second-order valence-electron chi connectivity index (χ2n) is 7.02. The smallest absolute Gasteiger partial charge is 0.191 e. The van der Waals surface area contributed by atoms with E-state index >= 15 is 0 Å². The van der Waals surface area contributed by atoms with Gasteiger partial charge in [-0.15, -0.1) is 24.0 Å². The van der Waals surface area contributed by atoms with E-state index in [0.717, 1.165) is 18.4 Å². The Bertz CT molecular complexity index is 860. The van der Waals surface area contributed by atoms with Crippen LogP contribution in [0.2, 0.25) is 0 Å². The number of halogens is 3. The van der Waals surface area contributed by atoms with Crippen molar-refractivity contribution in [3.05, 3.63) is 59.2 Å². The Labute approximate surface area is 186 Å². The lowest BCUT2D eigenvalue weighted by atomic mass is 10.1. The number of guanidine groups is 1. The minimum Gasteiger partial charge on any atom is -0.505 e. The number of nitrogens with one attached hydrogen (secondary N) is 2. The minimum absolute atomic E-state index is 0. The van der Waals surface area contributed by atoms with Gasteiger partial charge in [-0.1, -0.05) is 12.1 Å². The van der Waals surface area contributed by atoms with Gasteiger partial charge in [0.05, 0.1) is 12.6 Å². The third-order valence-corrected chi connectivity index (χ3v) is 4.68. The lowest BCUT2D eigenvalue weighted by Gasteiger charge is -2.19.